The number of aromatic nitrogens is 1. The van der Waals surface area contributed by atoms with Gasteiger partial charge in [0.1, 0.15) is 0 Å². The van der Waals surface area contributed by atoms with Crippen LogP contribution in [0.4, 0.5) is 5.88 Å². The molecule has 6 nitrogen and oxygen atoms in total. The molecule has 106 valence electrons. The quantitative estimate of drug-likeness (QED) is 0.877. The van der Waals surface area contributed by atoms with E-state index in [1.165, 1.54) is 0 Å². The number of carbonyl (C=O) groups excluding carboxylic acids is 1. The number of benzene rings is 1. The van der Waals surface area contributed by atoms with Crippen LogP contribution in [0.25, 0.3) is 0 Å². The maximum Gasteiger partial charge on any atom is 0.264 e. The lowest BCUT2D eigenvalue weighted by Gasteiger charge is -2.10. The average molecular weight is 276 g/mol. The fourth-order valence-electron chi connectivity index (χ4n) is 1.58. The molecule has 0 bridgehead atoms. The van der Waals surface area contributed by atoms with Crippen molar-refractivity contribution < 1.29 is 18.8 Å². The first-order chi connectivity index (χ1) is 9.69. The lowest BCUT2D eigenvalue weighted by molar-refractivity contribution is -0.118. The predicted molar refractivity (Wildman–Crippen MR) is 73.0 cm³/mol. The summed E-state index contributed by atoms with van der Waals surface area (Å²) in [6.07, 6.45) is 0. The molecule has 1 aromatic heterocycles. The average Bonchev–Trinajstić information content (AvgIpc) is 2.83. The summed E-state index contributed by atoms with van der Waals surface area (Å²) >= 11 is 0. The van der Waals surface area contributed by atoms with E-state index >= 15 is 0 Å². The lowest BCUT2D eigenvalue weighted by atomic mass is 10.3. The summed E-state index contributed by atoms with van der Waals surface area (Å²) in [6, 6.07) is 8.82. The number of hydrogen-bond acceptors (Lipinski definition) is 5. The standard InChI is InChI=1S/C14H16N2O4/c1-3-18-11-6-4-5-7-12(11)19-9-13(17)15-14-8-10(2)16-20-14/h4-8H,3,9H2,1-2H3,(H,15,17). The number of para-hydroxylation sites is 2. The van der Waals surface area contributed by atoms with Crippen molar-refractivity contribution >= 4 is 11.8 Å². The van der Waals surface area contributed by atoms with Gasteiger partial charge in [0.25, 0.3) is 5.91 Å². The van der Waals surface area contributed by atoms with E-state index < -0.39 is 0 Å². The monoisotopic (exact) mass is 276 g/mol. The molecule has 0 atom stereocenters. The number of rotatable bonds is 6. The second kappa shape index (κ2) is 6.60. The van der Waals surface area contributed by atoms with Crippen LogP contribution in [-0.4, -0.2) is 24.3 Å². The highest BCUT2D eigenvalue weighted by atomic mass is 16.5. The summed E-state index contributed by atoms with van der Waals surface area (Å²) in [4.78, 5) is 11.7. The molecular weight excluding hydrogens is 260 g/mol. The Kier molecular flexibility index (Phi) is 4.60. The van der Waals surface area contributed by atoms with Crippen LogP contribution in [0.3, 0.4) is 0 Å². The summed E-state index contributed by atoms with van der Waals surface area (Å²) < 4.78 is 15.7. The molecule has 1 aromatic carbocycles. The first-order valence-corrected chi connectivity index (χ1v) is 6.27. The fourth-order valence-corrected chi connectivity index (χ4v) is 1.58. The van der Waals surface area contributed by atoms with Crippen molar-refractivity contribution in [3.8, 4) is 11.5 Å². The van der Waals surface area contributed by atoms with Crippen LogP contribution in [0.2, 0.25) is 0 Å². The van der Waals surface area contributed by atoms with E-state index in [9.17, 15) is 4.79 Å². The number of hydrogen-bond donors (Lipinski definition) is 1. The molecule has 1 N–H and O–H groups in total. The van der Waals surface area contributed by atoms with Gasteiger partial charge in [-0.25, -0.2) is 0 Å². The van der Waals surface area contributed by atoms with Crippen LogP contribution in [-0.2, 0) is 4.79 Å². The summed E-state index contributed by atoms with van der Waals surface area (Å²) in [7, 11) is 0. The SMILES string of the molecule is CCOc1ccccc1OCC(=O)Nc1cc(C)no1. The fraction of sp³-hybridized carbons (Fsp3) is 0.286. The van der Waals surface area contributed by atoms with Gasteiger partial charge in [-0.3, -0.25) is 10.1 Å². The number of amides is 1. The molecular formula is C14H16N2O4. The Labute approximate surface area is 116 Å². The molecule has 0 fully saturated rings. The van der Waals surface area contributed by atoms with Crippen LogP contribution in [0, 0.1) is 6.92 Å². The molecule has 0 radical (unpaired) electrons. The number of nitrogens with zero attached hydrogens (tertiary/aromatic N) is 1. The molecule has 0 spiro atoms. The Morgan fingerprint density at radius 3 is 2.60 bits per heavy atom. The summed E-state index contributed by atoms with van der Waals surface area (Å²) in [6.45, 7) is 4.05. The zero-order valence-corrected chi connectivity index (χ0v) is 11.4. The number of aryl methyl sites for hydroxylation is 1. The van der Waals surface area contributed by atoms with Crippen molar-refractivity contribution in [1.29, 1.82) is 0 Å². The number of ether oxygens (including phenoxy) is 2. The summed E-state index contributed by atoms with van der Waals surface area (Å²) in [5, 5.41) is 6.23. The maximum absolute atomic E-state index is 11.7. The largest absolute Gasteiger partial charge is 0.490 e. The van der Waals surface area contributed by atoms with Crippen molar-refractivity contribution in [3.63, 3.8) is 0 Å². The van der Waals surface area contributed by atoms with Crippen molar-refractivity contribution in [1.82, 2.24) is 5.16 Å². The Bertz CT molecular complexity index is 580. The number of nitrogens with one attached hydrogen (secondary N) is 1. The second-order valence-electron chi connectivity index (χ2n) is 4.05. The van der Waals surface area contributed by atoms with Crippen LogP contribution in [0.1, 0.15) is 12.6 Å². The second-order valence-corrected chi connectivity index (χ2v) is 4.05. The van der Waals surface area contributed by atoms with Gasteiger partial charge in [0.15, 0.2) is 18.1 Å². The van der Waals surface area contributed by atoms with Crippen LogP contribution >= 0.6 is 0 Å². The Morgan fingerprint density at radius 1 is 1.30 bits per heavy atom. The van der Waals surface area contributed by atoms with Gasteiger partial charge in [0.2, 0.25) is 5.88 Å². The topological polar surface area (TPSA) is 73.6 Å². The minimum Gasteiger partial charge on any atom is -0.490 e. The maximum atomic E-state index is 11.7. The predicted octanol–water partition coefficient (Wildman–Crippen LogP) is 2.40. The zero-order valence-electron chi connectivity index (χ0n) is 11.4. The third-order valence-electron chi connectivity index (χ3n) is 2.40. The van der Waals surface area contributed by atoms with Crippen LogP contribution in [0.5, 0.6) is 11.5 Å². The van der Waals surface area contributed by atoms with E-state index in [2.05, 4.69) is 10.5 Å². The highest BCUT2D eigenvalue weighted by molar-refractivity contribution is 5.90. The normalized spacial score (nSPS) is 10.1. The van der Waals surface area contributed by atoms with Crippen molar-refractivity contribution in [3.05, 3.63) is 36.0 Å². The van der Waals surface area contributed by atoms with E-state index in [1.807, 2.05) is 19.1 Å². The first-order valence-electron chi connectivity index (χ1n) is 6.27. The summed E-state index contributed by atoms with van der Waals surface area (Å²) in [5.41, 5.74) is 0.697. The molecule has 0 saturated heterocycles. The molecule has 1 amide bonds. The molecule has 0 aliphatic rings. The van der Waals surface area contributed by atoms with Gasteiger partial charge in [0, 0.05) is 6.07 Å². The number of carbonyl (C=O) groups is 1. The van der Waals surface area contributed by atoms with E-state index in [4.69, 9.17) is 14.0 Å². The Morgan fingerprint density at radius 2 is 2.00 bits per heavy atom. The molecule has 0 aliphatic heterocycles. The van der Waals surface area contributed by atoms with Crippen molar-refractivity contribution in [2.24, 2.45) is 0 Å². The molecule has 0 aliphatic carbocycles. The van der Waals surface area contributed by atoms with Crippen molar-refractivity contribution in [2.45, 2.75) is 13.8 Å². The molecule has 2 aromatic rings. The minimum absolute atomic E-state index is 0.135. The Hall–Kier alpha value is -2.50. The zero-order chi connectivity index (χ0) is 14.4. The molecule has 0 unspecified atom stereocenters. The van der Waals surface area contributed by atoms with Gasteiger partial charge in [-0.15, -0.1) is 0 Å². The van der Waals surface area contributed by atoms with E-state index in [0.29, 0.717) is 29.7 Å². The van der Waals surface area contributed by atoms with Gasteiger partial charge in [-0.05, 0) is 26.0 Å². The molecule has 20 heavy (non-hydrogen) atoms. The third-order valence-corrected chi connectivity index (χ3v) is 2.40. The van der Waals surface area contributed by atoms with Gasteiger partial charge in [-0.1, -0.05) is 17.3 Å². The van der Waals surface area contributed by atoms with Gasteiger partial charge in [0.05, 0.1) is 12.3 Å². The van der Waals surface area contributed by atoms with Crippen molar-refractivity contribution in [2.75, 3.05) is 18.5 Å². The molecule has 0 saturated carbocycles. The van der Waals surface area contributed by atoms with E-state index in [0.717, 1.165) is 0 Å². The first kappa shape index (κ1) is 13.9. The highest BCUT2D eigenvalue weighted by Gasteiger charge is 2.09. The minimum atomic E-state index is -0.326. The van der Waals surface area contributed by atoms with Crippen LogP contribution in [0.15, 0.2) is 34.9 Å². The molecule has 6 heteroatoms. The lowest BCUT2D eigenvalue weighted by Crippen LogP contribution is -2.20. The molecule has 2 rings (SSSR count). The highest BCUT2D eigenvalue weighted by Crippen LogP contribution is 2.26. The van der Waals surface area contributed by atoms with Gasteiger partial charge < -0.3 is 14.0 Å². The van der Waals surface area contributed by atoms with E-state index in [1.54, 1.807) is 25.1 Å². The Balaban J connectivity index is 1.90. The van der Waals surface area contributed by atoms with E-state index in [-0.39, 0.29) is 12.5 Å². The summed E-state index contributed by atoms with van der Waals surface area (Å²) in [5.74, 6) is 1.11. The molecule has 1 heterocycles. The van der Waals surface area contributed by atoms with Gasteiger partial charge >= 0.3 is 0 Å². The smallest absolute Gasteiger partial charge is 0.264 e. The van der Waals surface area contributed by atoms with Gasteiger partial charge in [-0.2, -0.15) is 0 Å². The number of anilines is 1. The van der Waals surface area contributed by atoms with Crippen LogP contribution < -0.4 is 14.8 Å². The third kappa shape index (κ3) is 3.74.